The van der Waals surface area contributed by atoms with Crippen LogP contribution in [0.25, 0.3) is 0 Å². The zero-order chi connectivity index (χ0) is 15.6. The second-order valence-corrected chi connectivity index (χ2v) is 7.15. The minimum atomic E-state index is -3.77. The molecule has 21 heavy (non-hydrogen) atoms. The van der Waals surface area contributed by atoms with Crippen LogP contribution in [0.5, 0.6) is 0 Å². The number of benzene rings is 1. The molecule has 0 spiro atoms. The molecule has 1 fully saturated rings. The van der Waals surface area contributed by atoms with Gasteiger partial charge in [0.05, 0.1) is 28.7 Å². The Bertz CT molecular complexity index is 610. The average Bonchev–Trinajstić information content (AvgIpc) is 2.86. The van der Waals surface area contributed by atoms with Gasteiger partial charge in [-0.3, -0.25) is 0 Å². The Labute approximate surface area is 128 Å². The third-order valence-corrected chi connectivity index (χ3v) is 5.72. The first kappa shape index (κ1) is 16.6. The first-order valence-corrected chi connectivity index (χ1v) is 8.20. The first-order chi connectivity index (χ1) is 9.90. The number of hydrogen-bond donors (Lipinski definition) is 0. The Morgan fingerprint density at radius 2 is 2.14 bits per heavy atom. The first-order valence-electron chi connectivity index (χ1n) is 6.38. The van der Waals surface area contributed by atoms with Crippen molar-refractivity contribution in [3.63, 3.8) is 0 Å². The summed E-state index contributed by atoms with van der Waals surface area (Å²) in [6, 6.07) is 3.06. The Hall–Kier alpha value is -0.730. The van der Waals surface area contributed by atoms with Crippen LogP contribution in [0.15, 0.2) is 23.1 Å². The molecule has 118 valence electrons. The number of nitrogens with zero attached hydrogens (tertiary/aromatic N) is 1. The Balaban J connectivity index is 2.34. The van der Waals surface area contributed by atoms with Gasteiger partial charge >= 0.3 is 0 Å². The van der Waals surface area contributed by atoms with Crippen LogP contribution in [0.2, 0.25) is 5.02 Å². The molecular formula is C13H17ClFNO4S. The molecular weight excluding hydrogens is 321 g/mol. The van der Waals surface area contributed by atoms with Crippen LogP contribution in [0, 0.1) is 5.82 Å². The summed E-state index contributed by atoms with van der Waals surface area (Å²) >= 11 is 5.67. The van der Waals surface area contributed by atoms with Gasteiger partial charge in [-0.1, -0.05) is 11.6 Å². The van der Waals surface area contributed by atoms with Crippen molar-refractivity contribution in [3.8, 4) is 0 Å². The highest BCUT2D eigenvalue weighted by atomic mass is 35.5. The van der Waals surface area contributed by atoms with E-state index >= 15 is 0 Å². The molecule has 1 aliphatic heterocycles. The van der Waals surface area contributed by atoms with Crippen molar-refractivity contribution in [2.24, 2.45) is 0 Å². The minimum Gasteiger partial charge on any atom is -0.383 e. The molecule has 5 nitrogen and oxygen atoms in total. The molecule has 0 aliphatic carbocycles. The molecule has 0 bridgehead atoms. The highest BCUT2D eigenvalue weighted by Gasteiger charge is 2.40. The largest absolute Gasteiger partial charge is 0.383 e. The van der Waals surface area contributed by atoms with Gasteiger partial charge in [-0.15, -0.1) is 0 Å². The molecule has 1 aromatic rings. The van der Waals surface area contributed by atoms with Crippen LogP contribution >= 0.6 is 11.6 Å². The van der Waals surface area contributed by atoms with Gasteiger partial charge in [0, 0.05) is 20.8 Å². The van der Waals surface area contributed by atoms with Crippen molar-refractivity contribution in [2.75, 3.05) is 27.4 Å². The van der Waals surface area contributed by atoms with Crippen molar-refractivity contribution in [3.05, 3.63) is 29.0 Å². The number of halogens is 2. The van der Waals surface area contributed by atoms with Gasteiger partial charge in [-0.2, -0.15) is 4.31 Å². The van der Waals surface area contributed by atoms with Crippen molar-refractivity contribution >= 4 is 21.6 Å². The van der Waals surface area contributed by atoms with Crippen LogP contribution in [0.3, 0.4) is 0 Å². The second kappa shape index (κ2) is 6.58. The summed E-state index contributed by atoms with van der Waals surface area (Å²) in [6.45, 7) is 0.510. The second-order valence-electron chi connectivity index (χ2n) is 4.85. The fraction of sp³-hybridized carbons (Fsp3) is 0.538. The van der Waals surface area contributed by atoms with E-state index in [1.807, 2.05) is 0 Å². The molecule has 1 saturated heterocycles. The topological polar surface area (TPSA) is 55.8 Å². The van der Waals surface area contributed by atoms with E-state index in [4.69, 9.17) is 21.1 Å². The molecule has 0 aromatic heterocycles. The molecule has 0 saturated carbocycles. The highest BCUT2D eigenvalue weighted by Crippen LogP contribution is 2.29. The molecule has 1 aromatic carbocycles. The lowest BCUT2D eigenvalue weighted by Crippen LogP contribution is -2.38. The third kappa shape index (κ3) is 3.37. The van der Waals surface area contributed by atoms with E-state index in [0.717, 1.165) is 12.1 Å². The van der Waals surface area contributed by atoms with Gasteiger partial charge in [0.25, 0.3) is 0 Å². The van der Waals surface area contributed by atoms with Crippen LogP contribution < -0.4 is 0 Å². The third-order valence-electron chi connectivity index (χ3n) is 3.52. The van der Waals surface area contributed by atoms with Crippen LogP contribution in [0.4, 0.5) is 4.39 Å². The molecule has 0 amide bonds. The summed E-state index contributed by atoms with van der Waals surface area (Å²) in [5, 5.41) is -0.221. The van der Waals surface area contributed by atoms with Crippen LogP contribution in [-0.4, -0.2) is 52.2 Å². The van der Waals surface area contributed by atoms with Gasteiger partial charge < -0.3 is 9.47 Å². The maximum atomic E-state index is 13.2. The van der Waals surface area contributed by atoms with Gasteiger partial charge in [0.2, 0.25) is 10.0 Å². The SMILES string of the molecule is COC[C@@H]1C[C@@H](OC)CN1S(=O)(=O)c1ccc(F)c(Cl)c1. The normalized spacial score (nSPS) is 23.6. The van der Waals surface area contributed by atoms with E-state index < -0.39 is 15.8 Å². The van der Waals surface area contributed by atoms with E-state index in [0.29, 0.717) is 6.42 Å². The van der Waals surface area contributed by atoms with Crippen molar-refractivity contribution in [1.82, 2.24) is 4.31 Å². The molecule has 0 radical (unpaired) electrons. The lowest BCUT2D eigenvalue weighted by atomic mass is 10.2. The molecule has 2 atom stereocenters. The summed E-state index contributed by atoms with van der Waals surface area (Å²) < 4.78 is 50.2. The van der Waals surface area contributed by atoms with E-state index in [1.165, 1.54) is 17.5 Å². The maximum Gasteiger partial charge on any atom is 0.243 e. The summed E-state index contributed by atoms with van der Waals surface area (Å²) in [5.74, 6) is -0.653. The average molecular weight is 338 g/mol. The number of hydrogen-bond acceptors (Lipinski definition) is 4. The van der Waals surface area contributed by atoms with E-state index in [1.54, 1.807) is 7.11 Å². The lowest BCUT2D eigenvalue weighted by molar-refractivity contribution is 0.110. The fourth-order valence-corrected chi connectivity index (χ4v) is 4.35. The molecule has 1 aliphatic rings. The quantitative estimate of drug-likeness (QED) is 0.823. The number of methoxy groups -OCH3 is 2. The summed E-state index contributed by atoms with van der Waals surface area (Å²) in [5.41, 5.74) is 0. The zero-order valence-corrected chi connectivity index (χ0v) is 13.3. The van der Waals surface area contributed by atoms with Gasteiger partial charge in [-0.25, -0.2) is 12.8 Å². The van der Waals surface area contributed by atoms with E-state index in [-0.39, 0.29) is 35.2 Å². The van der Waals surface area contributed by atoms with Crippen molar-refractivity contribution in [1.29, 1.82) is 0 Å². The van der Waals surface area contributed by atoms with Crippen LogP contribution in [0.1, 0.15) is 6.42 Å². The van der Waals surface area contributed by atoms with Gasteiger partial charge in [0.1, 0.15) is 5.82 Å². The molecule has 2 rings (SSSR count). The van der Waals surface area contributed by atoms with Gasteiger partial charge in [0.15, 0.2) is 0 Å². The van der Waals surface area contributed by atoms with E-state index in [9.17, 15) is 12.8 Å². The summed E-state index contributed by atoms with van der Waals surface area (Å²) in [4.78, 5) is -0.0354. The zero-order valence-electron chi connectivity index (χ0n) is 11.8. The van der Waals surface area contributed by atoms with E-state index in [2.05, 4.69) is 0 Å². The predicted octanol–water partition coefficient (Wildman–Crippen LogP) is 1.90. The molecule has 8 heteroatoms. The van der Waals surface area contributed by atoms with Crippen molar-refractivity contribution in [2.45, 2.75) is 23.5 Å². The Morgan fingerprint density at radius 3 is 2.71 bits per heavy atom. The Kier molecular flexibility index (Phi) is 5.21. The summed E-state index contributed by atoms with van der Waals surface area (Å²) in [7, 11) is -0.715. The monoisotopic (exact) mass is 337 g/mol. The van der Waals surface area contributed by atoms with Crippen molar-refractivity contribution < 1.29 is 22.3 Å². The lowest BCUT2D eigenvalue weighted by Gasteiger charge is -2.23. The molecule has 0 unspecified atom stereocenters. The van der Waals surface area contributed by atoms with Gasteiger partial charge in [-0.05, 0) is 24.6 Å². The highest BCUT2D eigenvalue weighted by molar-refractivity contribution is 7.89. The minimum absolute atomic E-state index is 0.0354. The molecule has 0 N–H and O–H groups in total. The molecule has 1 heterocycles. The van der Waals surface area contributed by atoms with Crippen LogP contribution in [-0.2, 0) is 19.5 Å². The Morgan fingerprint density at radius 1 is 1.43 bits per heavy atom. The smallest absolute Gasteiger partial charge is 0.243 e. The fourth-order valence-electron chi connectivity index (χ4n) is 2.43. The maximum absolute atomic E-state index is 13.2. The summed E-state index contributed by atoms with van der Waals surface area (Å²) in [6.07, 6.45) is 0.370. The standard InChI is InChI=1S/C13H17ClFNO4S/c1-19-8-9-5-10(20-2)7-16(9)21(17,18)11-3-4-13(15)12(14)6-11/h3-4,6,9-10H,5,7-8H2,1-2H3/t9-,10+/m0/s1. The number of ether oxygens (including phenoxy) is 2. The number of sulfonamides is 1. The number of rotatable bonds is 5. The predicted molar refractivity (Wildman–Crippen MR) is 76.4 cm³/mol.